The quantitative estimate of drug-likeness (QED) is 0.657. The van der Waals surface area contributed by atoms with Crippen molar-refractivity contribution >= 4 is 5.97 Å². The Hall–Kier alpha value is -2.37. The van der Waals surface area contributed by atoms with Gasteiger partial charge in [-0.15, -0.1) is 0 Å². The highest BCUT2D eigenvalue weighted by Gasteiger charge is 2.43. The maximum absolute atomic E-state index is 13.0. The predicted molar refractivity (Wildman–Crippen MR) is 113 cm³/mol. The third-order valence-corrected chi connectivity index (χ3v) is 5.44. The van der Waals surface area contributed by atoms with Crippen LogP contribution in [0.5, 0.6) is 5.75 Å². The van der Waals surface area contributed by atoms with Crippen LogP contribution in [0.4, 0.5) is 0 Å². The Morgan fingerprint density at radius 2 is 1.86 bits per heavy atom. The van der Waals surface area contributed by atoms with Gasteiger partial charge >= 0.3 is 5.97 Å². The zero-order valence-corrected chi connectivity index (χ0v) is 17.2. The summed E-state index contributed by atoms with van der Waals surface area (Å²) in [4.78, 5) is 15.3. The van der Waals surface area contributed by atoms with E-state index in [9.17, 15) is 4.79 Å². The number of esters is 1. The van der Waals surface area contributed by atoms with Crippen molar-refractivity contribution in [3.63, 3.8) is 0 Å². The number of aliphatic hydroxyl groups is 1. The molecule has 1 aliphatic rings. The van der Waals surface area contributed by atoms with Crippen LogP contribution in [0, 0.1) is 5.41 Å². The monoisotopic (exact) mass is 397 g/mol. The molecule has 1 saturated heterocycles. The average Bonchev–Trinajstić information content (AvgIpc) is 2.74. The Labute approximate surface area is 173 Å². The first kappa shape index (κ1) is 21.3. The molecule has 1 aliphatic heterocycles. The molecule has 0 saturated carbocycles. The standard InChI is InChI=1S/C24H31NO4/c1-2-28-23(27)24(17-20-7-4-3-5-8-20)13-6-14-25(19-24)18-21-9-11-22(12-10-21)29-16-15-26/h3-5,7-12,26H,2,6,13-19H2,1H3/t24-/m0/s1. The summed E-state index contributed by atoms with van der Waals surface area (Å²) < 4.78 is 10.9. The van der Waals surface area contributed by atoms with Gasteiger partial charge in [-0.05, 0) is 56.0 Å². The fourth-order valence-electron chi connectivity index (χ4n) is 4.13. The van der Waals surface area contributed by atoms with Crippen molar-refractivity contribution in [3.8, 4) is 5.75 Å². The van der Waals surface area contributed by atoms with Gasteiger partial charge in [0.15, 0.2) is 0 Å². The van der Waals surface area contributed by atoms with E-state index >= 15 is 0 Å². The highest BCUT2D eigenvalue weighted by Crippen LogP contribution is 2.36. The molecule has 1 fully saturated rings. The summed E-state index contributed by atoms with van der Waals surface area (Å²) in [5.41, 5.74) is 1.85. The lowest BCUT2D eigenvalue weighted by Crippen LogP contribution is -2.49. The number of rotatable bonds is 9. The van der Waals surface area contributed by atoms with Gasteiger partial charge in [-0.1, -0.05) is 42.5 Å². The lowest BCUT2D eigenvalue weighted by atomic mass is 9.75. The zero-order valence-electron chi connectivity index (χ0n) is 17.2. The molecule has 0 bridgehead atoms. The molecule has 2 aromatic carbocycles. The molecule has 0 spiro atoms. The van der Waals surface area contributed by atoms with Crippen molar-refractivity contribution in [3.05, 3.63) is 65.7 Å². The lowest BCUT2D eigenvalue weighted by Gasteiger charge is -2.41. The van der Waals surface area contributed by atoms with Gasteiger partial charge in [-0.2, -0.15) is 0 Å². The van der Waals surface area contributed by atoms with Crippen LogP contribution in [-0.2, 0) is 22.5 Å². The van der Waals surface area contributed by atoms with E-state index in [0.717, 1.165) is 31.7 Å². The smallest absolute Gasteiger partial charge is 0.313 e. The summed E-state index contributed by atoms with van der Waals surface area (Å²) in [6, 6.07) is 18.2. The third-order valence-electron chi connectivity index (χ3n) is 5.44. The minimum atomic E-state index is -0.500. The Bertz CT molecular complexity index is 762. The van der Waals surface area contributed by atoms with Crippen LogP contribution in [-0.4, -0.2) is 48.9 Å². The molecular formula is C24H31NO4. The summed E-state index contributed by atoms with van der Waals surface area (Å²) >= 11 is 0. The summed E-state index contributed by atoms with van der Waals surface area (Å²) in [6.45, 7) is 5.04. The molecule has 156 valence electrons. The van der Waals surface area contributed by atoms with Crippen molar-refractivity contribution in [2.75, 3.05) is 32.9 Å². The number of piperidine rings is 1. The van der Waals surface area contributed by atoms with E-state index in [4.69, 9.17) is 14.6 Å². The van der Waals surface area contributed by atoms with Gasteiger partial charge in [0, 0.05) is 13.1 Å². The van der Waals surface area contributed by atoms with Gasteiger partial charge in [-0.3, -0.25) is 9.69 Å². The highest BCUT2D eigenvalue weighted by molar-refractivity contribution is 5.77. The molecular weight excluding hydrogens is 366 g/mol. The molecule has 5 heteroatoms. The number of benzene rings is 2. The van der Waals surface area contributed by atoms with E-state index in [-0.39, 0.29) is 12.6 Å². The second-order valence-corrected chi connectivity index (χ2v) is 7.69. The zero-order chi connectivity index (χ0) is 20.5. The number of hydrogen-bond donors (Lipinski definition) is 1. The molecule has 1 atom stereocenters. The molecule has 5 nitrogen and oxygen atoms in total. The second-order valence-electron chi connectivity index (χ2n) is 7.69. The predicted octanol–water partition coefficient (Wildman–Crippen LogP) is 3.45. The molecule has 0 unspecified atom stereocenters. The van der Waals surface area contributed by atoms with Gasteiger partial charge in [-0.25, -0.2) is 0 Å². The van der Waals surface area contributed by atoms with Gasteiger partial charge in [0.2, 0.25) is 0 Å². The van der Waals surface area contributed by atoms with Gasteiger partial charge in [0.05, 0.1) is 18.6 Å². The molecule has 2 aromatic rings. The Balaban J connectivity index is 1.71. The van der Waals surface area contributed by atoms with Crippen LogP contribution in [0.2, 0.25) is 0 Å². The fourth-order valence-corrected chi connectivity index (χ4v) is 4.13. The van der Waals surface area contributed by atoms with Gasteiger partial charge < -0.3 is 14.6 Å². The summed E-state index contributed by atoms with van der Waals surface area (Å²) in [5, 5.41) is 8.87. The number of hydrogen-bond acceptors (Lipinski definition) is 5. The molecule has 1 heterocycles. The first-order valence-electron chi connectivity index (χ1n) is 10.4. The van der Waals surface area contributed by atoms with E-state index in [0.29, 0.717) is 26.2 Å². The van der Waals surface area contributed by atoms with E-state index in [1.807, 2.05) is 49.4 Å². The maximum atomic E-state index is 13.0. The van der Waals surface area contributed by atoms with E-state index in [1.54, 1.807) is 0 Å². The van der Waals surface area contributed by atoms with E-state index in [2.05, 4.69) is 17.0 Å². The summed E-state index contributed by atoms with van der Waals surface area (Å²) in [7, 11) is 0. The van der Waals surface area contributed by atoms with Crippen LogP contribution in [0.15, 0.2) is 54.6 Å². The number of likely N-dealkylation sites (tertiary alicyclic amines) is 1. The van der Waals surface area contributed by atoms with Crippen LogP contribution >= 0.6 is 0 Å². The molecule has 1 N–H and O–H groups in total. The number of nitrogens with zero attached hydrogens (tertiary/aromatic N) is 1. The summed E-state index contributed by atoms with van der Waals surface area (Å²) in [5.74, 6) is 0.674. The van der Waals surface area contributed by atoms with Crippen LogP contribution in [0.3, 0.4) is 0 Å². The maximum Gasteiger partial charge on any atom is 0.313 e. The normalized spacial score (nSPS) is 19.7. The molecule has 29 heavy (non-hydrogen) atoms. The minimum absolute atomic E-state index is 0.00683. The van der Waals surface area contributed by atoms with Crippen molar-refractivity contribution in [2.45, 2.75) is 32.7 Å². The minimum Gasteiger partial charge on any atom is -0.491 e. The Morgan fingerprint density at radius 3 is 2.55 bits per heavy atom. The van der Waals surface area contributed by atoms with Crippen molar-refractivity contribution < 1.29 is 19.4 Å². The van der Waals surface area contributed by atoms with Crippen molar-refractivity contribution in [1.29, 1.82) is 0 Å². The second kappa shape index (κ2) is 10.4. The van der Waals surface area contributed by atoms with Crippen molar-refractivity contribution in [1.82, 2.24) is 4.90 Å². The Kier molecular flexibility index (Phi) is 7.67. The molecule has 0 aliphatic carbocycles. The first-order chi connectivity index (χ1) is 14.1. The fraction of sp³-hybridized carbons (Fsp3) is 0.458. The molecule has 0 aromatic heterocycles. The van der Waals surface area contributed by atoms with E-state index in [1.165, 1.54) is 11.1 Å². The number of ether oxygens (including phenoxy) is 2. The van der Waals surface area contributed by atoms with Crippen LogP contribution in [0.1, 0.15) is 30.9 Å². The largest absolute Gasteiger partial charge is 0.491 e. The van der Waals surface area contributed by atoms with Gasteiger partial charge in [0.1, 0.15) is 12.4 Å². The molecule has 0 amide bonds. The van der Waals surface area contributed by atoms with Crippen LogP contribution < -0.4 is 4.74 Å². The number of carbonyl (C=O) groups is 1. The number of carbonyl (C=O) groups excluding carboxylic acids is 1. The molecule has 3 rings (SSSR count). The molecule has 0 radical (unpaired) electrons. The third kappa shape index (κ3) is 5.81. The van der Waals surface area contributed by atoms with E-state index < -0.39 is 5.41 Å². The van der Waals surface area contributed by atoms with Crippen LogP contribution in [0.25, 0.3) is 0 Å². The average molecular weight is 398 g/mol. The van der Waals surface area contributed by atoms with Gasteiger partial charge in [0.25, 0.3) is 0 Å². The SMILES string of the molecule is CCOC(=O)[C@]1(Cc2ccccc2)CCCN(Cc2ccc(OCCO)cc2)C1. The summed E-state index contributed by atoms with van der Waals surface area (Å²) in [6.07, 6.45) is 2.53. The topological polar surface area (TPSA) is 59.0 Å². The number of aliphatic hydroxyl groups excluding tert-OH is 1. The Morgan fingerprint density at radius 1 is 1.10 bits per heavy atom. The highest BCUT2D eigenvalue weighted by atomic mass is 16.5. The lowest BCUT2D eigenvalue weighted by molar-refractivity contribution is -0.159. The first-order valence-corrected chi connectivity index (χ1v) is 10.4. The van der Waals surface area contributed by atoms with Crippen molar-refractivity contribution in [2.24, 2.45) is 5.41 Å².